The second-order valence-electron chi connectivity index (χ2n) is 5.60. The van der Waals surface area contributed by atoms with Crippen molar-refractivity contribution >= 4 is 11.8 Å². The number of hydrogen-bond acceptors (Lipinski definition) is 2. The molecule has 1 saturated carbocycles. The molecule has 0 saturated heterocycles. The summed E-state index contributed by atoms with van der Waals surface area (Å²) in [5.41, 5.74) is 1.41. The highest BCUT2D eigenvalue weighted by Gasteiger charge is 2.20. The third-order valence-corrected chi connectivity index (χ3v) is 5.48. The molecule has 1 aliphatic rings. The van der Waals surface area contributed by atoms with Gasteiger partial charge in [-0.1, -0.05) is 32.4 Å². The van der Waals surface area contributed by atoms with E-state index >= 15 is 0 Å². The van der Waals surface area contributed by atoms with Crippen LogP contribution in [-0.4, -0.2) is 11.8 Å². The van der Waals surface area contributed by atoms with E-state index in [9.17, 15) is 0 Å². The molecule has 106 valence electrons. The molecular formula is C17H27NS. The molecule has 0 atom stereocenters. The lowest BCUT2D eigenvalue weighted by Crippen LogP contribution is -2.15. The van der Waals surface area contributed by atoms with E-state index < -0.39 is 0 Å². The van der Waals surface area contributed by atoms with Gasteiger partial charge in [0.15, 0.2) is 0 Å². The third kappa shape index (κ3) is 4.85. The van der Waals surface area contributed by atoms with E-state index in [0.717, 1.165) is 24.3 Å². The summed E-state index contributed by atoms with van der Waals surface area (Å²) in [6, 6.07) is 9.05. The lowest BCUT2D eigenvalue weighted by atomic mass is 9.87. The van der Waals surface area contributed by atoms with Crippen LogP contribution in [0.2, 0.25) is 0 Å². The zero-order chi connectivity index (χ0) is 13.5. The van der Waals surface area contributed by atoms with Crippen LogP contribution in [0, 0.1) is 5.92 Å². The van der Waals surface area contributed by atoms with Gasteiger partial charge in [0.1, 0.15) is 0 Å². The highest BCUT2D eigenvalue weighted by Crippen LogP contribution is 2.37. The van der Waals surface area contributed by atoms with Crippen molar-refractivity contribution < 1.29 is 0 Å². The van der Waals surface area contributed by atoms with Crippen LogP contribution in [0.3, 0.4) is 0 Å². The quantitative estimate of drug-likeness (QED) is 0.797. The van der Waals surface area contributed by atoms with Crippen molar-refractivity contribution in [3.63, 3.8) is 0 Å². The summed E-state index contributed by atoms with van der Waals surface area (Å²) in [7, 11) is 0. The number of thioether (sulfide) groups is 1. The summed E-state index contributed by atoms with van der Waals surface area (Å²) < 4.78 is 0. The van der Waals surface area contributed by atoms with Gasteiger partial charge in [-0.25, -0.2) is 0 Å². The van der Waals surface area contributed by atoms with Crippen molar-refractivity contribution in [3.8, 4) is 0 Å². The second-order valence-corrected chi connectivity index (χ2v) is 6.97. The molecule has 0 radical (unpaired) electrons. The molecule has 0 unspecified atom stereocenters. The van der Waals surface area contributed by atoms with Crippen LogP contribution in [-0.2, 0) is 6.54 Å². The Hall–Kier alpha value is -0.470. The van der Waals surface area contributed by atoms with Gasteiger partial charge in [0, 0.05) is 16.7 Å². The minimum atomic E-state index is 0.845. The highest BCUT2D eigenvalue weighted by molar-refractivity contribution is 8.00. The molecule has 1 N–H and O–H groups in total. The fourth-order valence-corrected chi connectivity index (χ4v) is 4.12. The van der Waals surface area contributed by atoms with Crippen molar-refractivity contribution in [3.05, 3.63) is 29.8 Å². The van der Waals surface area contributed by atoms with Crippen molar-refractivity contribution in [2.45, 2.75) is 62.6 Å². The summed E-state index contributed by atoms with van der Waals surface area (Å²) in [6.07, 6.45) is 7.05. The average molecular weight is 277 g/mol. The smallest absolute Gasteiger partial charge is 0.0205 e. The minimum Gasteiger partial charge on any atom is -0.313 e. The van der Waals surface area contributed by atoms with Gasteiger partial charge in [-0.3, -0.25) is 0 Å². The lowest BCUT2D eigenvalue weighted by molar-refractivity contribution is 0.356. The Bertz CT molecular complexity index is 369. The summed E-state index contributed by atoms with van der Waals surface area (Å²) in [5.74, 6) is 0.997. The van der Waals surface area contributed by atoms with Gasteiger partial charge in [-0.2, -0.15) is 0 Å². The SMILES string of the molecule is CCNCc1cccc(SC2CCC(CC)CC2)c1. The fourth-order valence-electron chi connectivity index (χ4n) is 2.85. The summed E-state index contributed by atoms with van der Waals surface area (Å²) in [4.78, 5) is 1.45. The van der Waals surface area contributed by atoms with Gasteiger partial charge in [-0.05, 0) is 55.8 Å². The van der Waals surface area contributed by atoms with E-state index in [4.69, 9.17) is 0 Å². The zero-order valence-corrected chi connectivity index (χ0v) is 13.1. The predicted octanol–water partition coefficient (Wildman–Crippen LogP) is 4.86. The largest absolute Gasteiger partial charge is 0.313 e. The molecule has 0 amide bonds. The standard InChI is InChI=1S/C17H27NS/c1-3-14-8-10-16(11-9-14)19-17-7-5-6-15(12-17)13-18-4-2/h5-7,12,14,16,18H,3-4,8-11,13H2,1-2H3. The van der Waals surface area contributed by atoms with Gasteiger partial charge >= 0.3 is 0 Å². The summed E-state index contributed by atoms with van der Waals surface area (Å²) in [6.45, 7) is 6.53. The Labute approximate surface area is 122 Å². The predicted molar refractivity (Wildman–Crippen MR) is 85.7 cm³/mol. The van der Waals surface area contributed by atoms with Gasteiger partial charge in [0.2, 0.25) is 0 Å². The van der Waals surface area contributed by atoms with Crippen molar-refractivity contribution in [2.75, 3.05) is 6.54 Å². The normalized spacial score (nSPS) is 23.5. The first-order valence-corrected chi connectivity index (χ1v) is 8.66. The molecule has 0 aromatic heterocycles. The maximum Gasteiger partial charge on any atom is 0.0205 e. The van der Waals surface area contributed by atoms with Crippen LogP contribution in [0.15, 0.2) is 29.2 Å². The molecular weight excluding hydrogens is 250 g/mol. The number of rotatable bonds is 6. The minimum absolute atomic E-state index is 0.845. The first-order valence-electron chi connectivity index (χ1n) is 7.78. The molecule has 1 fully saturated rings. The molecule has 0 heterocycles. The highest BCUT2D eigenvalue weighted by atomic mass is 32.2. The van der Waals surface area contributed by atoms with Crippen molar-refractivity contribution in [1.82, 2.24) is 5.32 Å². The molecule has 0 aliphatic heterocycles. The van der Waals surface area contributed by atoms with Gasteiger partial charge in [0.05, 0.1) is 0 Å². The van der Waals surface area contributed by atoms with Crippen molar-refractivity contribution in [2.24, 2.45) is 5.92 Å². The molecule has 1 aliphatic carbocycles. The van der Waals surface area contributed by atoms with E-state index in [0.29, 0.717) is 0 Å². The molecule has 1 aromatic rings. The summed E-state index contributed by atoms with van der Waals surface area (Å²) in [5, 5.41) is 4.24. The van der Waals surface area contributed by atoms with Crippen LogP contribution in [0.1, 0.15) is 51.5 Å². The molecule has 2 heteroatoms. The third-order valence-electron chi connectivity index (χ3n) is 4.15. The second kappa shape index (κ2) is 7.96. The van der Waals surface area contributed by atoms with E-state index in [1.807, 2.05) is 0 Å². The molecule has 0 spiro atoms. The topological polar surface area (TPSA) is 12.0 Å². The Balaban J connectivity index is 1.85. The number of hydrogen-bond donors (Lipinski definition) is 1. The zero-order valence-electron chi connectivity index (χ0n) is 12.3. The maximum absolute atomic E-state index is 3.40. The van der Waals surface area contributed by atoms with Gasteiger partial charge in [0.25, 0.3) is 0 Å². The van der Waals surface area contributed by atoms with Crippen LogP contribution in [0.5, 0.6) is 0 Å². The van der Waals surface area contributed by atoms with Gasteiger partial charge in [-0.15, -0.1) is 11.8 Å². The molecule has 1 nitrogen and oxygen atoms in total. The van der Waals surface area contributed by atoms with E-state index in [-0.39, 0.29) is 0 Å². The van der Waals surface area contributed by atoms with Crippen molar-refractivity contribution in [1.29, 1.82) is 0 Å². The Kier molecular flexibility index (Phi) is 6.25. The fraction of sp³-hybridized carbons (Fsp3) is 0.647. The molecule has 19 heavy (non-hydrogen) atoms. The first-order chi connectivity index (χ1) is 9.31. The van der Waals surface area contributed by atoms with E-state index in [1.54, 1.807) is 0 Å². The molecule has 2 rings (SSSR count). The Morgan fingerprint density at radius 2 is 1.95 bits per heavy atom. The van der Waals surface area contributed by atoms with Crippen LogP contribution >= 0.6 is 11.8 Å². The van der Waals surface area contributed by atoms with Crippen LogP contribution < -0.4 is 5.32 Å². The average Bonchev–Trinajstić information content (AvgIpc) is 2.46. The number of nitrogens with one attached hydrogen (secondary N) is 1. The molecule has 0 bridgehead atoms. The van der Waals surface area contributed by atoms with Gasteiger partial charge < -0.3 is 5.32 Å². The Morgan fingerprint density at radius 1 is 1.16 bits per heavy atom. The maximum atomic E-state index is 3.40. The number of benzene rings is 1. The van der Waals surface area contributed by atoms with E-state index in [2.05, 4.69) is 55.2 Å². The van der Waals surface area contributed by atoms with Crippen LogP contribution in [0.25, 0.3) is 0 Å². The van der Waals surface area contributed by atoms with E-state index in [1.165, 1.54) is 42.6 Å². The monoisotopic (exact) mass is 277 g/mol. The Morgan fingerprint density at radius 3 is 2.63 bits per heavy atom. The van der Waals surface area contributed by atoms with Crippen LogP contribution in [0.4, 0.5) is 0 Å². The lowest BCUT2D eigenvalue weighted by Gasteiger charge is -2.27. The summed E-state index contributed by atoms with van der Waals surface area (Å²) >= 11 is 2.10. The molecule has 1 aromatic carbocycles. The first kappa shape index (κ1) is 14.9.